The summed E-state index contributed by atoms with van der Waals surface area (Å²) >= 11 is 1.43. The third kappa shape index (κ3) is 5.23. The number of rotatable bonds is 8. The molecule has 3 nitrogen and oxygen atoms in total. The highest BCUT2D eigenvalue weighted by Crippen LogP contribution is 2.18. The lowest BCUT2D eigenvalue weighted by Gasteiger charge is -2.08. The summed E-state index contributed by atoms with van der Waals surface area (Å²) in [6.07, 6.45) is 4.80. The molecule has 4 heteroatoms. The minimum Gasteiger partial charge on any atom is -0.494 e. The van der Waals surface area contributed by atoms with Crippen LogP contribution in [0.15, 0.2) is 41.8 Å². The van der Waals surface area contributed by atoms with Crippen LogP contribution in [0.4, 0.5) is 5.69 Å². The van der Waals surface area contributed by atoms with Gasteiger partial charge in [-0.2, -0.15) is 0 Å². The van der Waals surface area contributed by atoms with Crippen LogP contribution in [0.5, 0.6) is 5.75 Å². The Morgan fingerprint density at radius 1 is 1.14 bits per heavy atom. The van der Waals surface area contributed by atoms with E-state index in [1.54, 1.807) is 0 Å². The summed E-state index contributed by atoms with van der Waals surface area (Å²) in [5, 5.41) is 4.76. The van der Waals surface area contributed by atoms with E-state index in [-0.39, 0.29) is 5.91 Å². The summed E-state index contributed by atoms with van der Waals surface area (Å²) in [6, 6.07) is 11.2. The van der Waals surface area contributed by atoms with Gasteiger partial charge in [-0.25, -0.2) is 0 Å². The van der Waals surface area contributed by atoms with E-state index in [1.165, 1.54) is 30.6 Å². The van der Waals surface area contributed by atoms with Gasteiger partial charge < -0.3 is 10.1 Å². The molecule has 2 rings (SSSR count). The normalized spacial score (nSPS) is 10.3. The molecule has 0 aliphatic heterocycles. The van der Waals surface area contributed by atoms with E-state index in [1.807, 2.05) is 41.8 Å². The van der Waals surface area contributed by atoms with Crippen molar-refractivity contribution < 1.29 is 9.53 Å². The zero-order valence-corrected chi connectivity index (χ0v) is 13.1. The van der Waals surface area contributed by atoms with E-state index in [0.717, 1.165) is 24.5 Å². The summed E-state index contributed by atoms with van der Waals surface area (Å²) < 4.78 is 5.67. The Balaban J connectivity index is 1.78. The summed E-state index contributed by atoms with van der Waals surface area (Å²) in [5.74, 6) is 0.777. The van der Waals surface area contributed by atoms with Gasteiger partial charge in [-0.3, -0.25) is 4.79 Å². The highest BCUT2D eigenvalue weighted by atomic mass is 32.1. The first-order valence-corrected chi connectivity index (χ1v) is 8.25. The molecule has 0 saturated heterocycles. The topological polar surface area (TPSA) is 38.3 Å². The maximum absolute atomic E-state index is 11.9. The SMILES string of the molecule is CCCCCCOc1ccc(NC(=O)c2cccs2)cc1. The van der Waals surface area contributed by atoms with Gasteiger partial charge in [0.1, 0.15) is 5.75 Å². The van der Waals surface area contributed by atoms with E-state index in [0.29, 0.717) is 4.88 Å². The molecule has 1 amide bonds. The van der Waals surface area contributed by atoms with Crippen molar-refractivity contribution in [2.75, 3.05) is 11.9 Å². The van der Waals surface area contributed by atoms with Crippen molar-refractivity contribution in [3.63, 3.8) is 0 Å². The fraction of sp³-hybridized carbons (Fsp3) is 0.353. The molecule has 0 aliphatic carbocycles. The van der Waals surface area contributed by atoms with Gasteiger partial charge in [-0.1, -0.05) is 32.3 Å². The molecule has 2 aromatic rings. The smallest absolute Gasteiger partial charge is 0.265 e. The second-order valence-electron chi connectivity index (χ2n) is 4.86. The molecule has 1 aromatic carbocycles. The zero-order valence-electron chi connectivity index (χ0n) is 12.3. The Kier molecular flexibility index (Phi) is 6.28. The second-order valence-corrected chi connectivity index (χ2v) is 5.81. The number of thiophene rings is 1. The molecule has 1 aromatic heterocycles. The van der Waals surface area contributed by atoms with Gasteiger partial charge in [0, 0.05) is 5.69 Å². The number of hydrogen-bond acceptors (Lipinski definition) is 3. The molecule has 0 fully saturated rings. The van der Waals surface area contributed by atoms with Crippen LogP contribution in [-0.4, -0.2) is 12.5 Å². The number of carbonyl (C=O) groups is 1. The summed E-state index contributed by atoms with van der Waals surface area (Å²) in [4.78, 5) is 12.6. The molecule has 0 radical (unpaired) electrons. The van der Waals surface area contributed by atoms with E-state index in [4.69, 9.17) is 4.74 Å². The van der Waals surface area contributed by atoms with Crippen LogP contribution in [0.25, 0.3) is 0 Å². The molecule has 21 heavy (non-hydrogen) atoms. The Labute approximate surface area is 130 Å². The van der Waals surface area contributed by atoms with Crippen LogP contribution >= 0.6 is 11.3 Å². The molecule has 0 unspecified atom stereocenters. The van der Waals surface area contributed by atoms with Gasteiger partial charge in [-0.05, 0) is 42.1 Å². The average Bonchev–Trinajstić information content (AvgIpc) is 3.03. The quantitative estimate of drug-likeness (QED) is 0.700. The van der Waals surface area contributed by atoms with Gasteiger partial charge in [-0.15, -0.1) is 11.3 Å². The van der Waals surface area contributed by atoms with E-state index >= 15 is 0 Å². The highest BCUT2D eigenvalue weighted by Gasteiger charge is 2.06. The van der Waals surface area contributed by atoms with Gasteiger partial charge in [0.2, 0.25) is 0 Å². The zero-order chi connectivity index (χ0) is 14.9. The van der Waals surface area contributed by atoms with Crippen LogP contribution in [0.1, 0.15) is 42.3 Å². The van der Waals surface area contributed by atoms with Crippen molar-refractivity contribution in [1.29, 1.82) is 0 Å². The average molecular weight is 303 g/mol. The van der Waals surface area contributed by atoms with Crippen LogP contribution in [0.3, 0.4) is 0 Å². The third-order valence-corrected chi connectivity index (χ3v) is 3.99. The van der Waals surface area contributed by atoms with Gasteiger partial charge in [0.15, 0.2) is 0 Å². The molecule has 0 saturated carbocycles. The number of ether oxygens (including phenoxy) is 1. The molecule has 1 heterocycles. The Morgan fingerprint density at radius 3 is 2.62 bits per heavy atom. The number of hydrogen-bond donors (Lipinski definition) is 1. The highest BCUT2D eigenvalue weighted by molar-refractivity contribution is 7.12. The molecular formula is C17H21NO2S. The van der Waals surface area contributed by atoms with Crippen LogP contribution in [0.2, 0.25) is 0 Å². The molecular weight excluding hydrogens is 282 g/mol. The number of unbranched alkanes of at least 4 members (excludes halogenated alkanes) is 3. The van der Waals surface area contributed by atoms with Crippen molar-refractivity contribution >= 4 is 22.9 Å². The summed E-state index contributed by atoms with van der Waals surface area (Å²) in [7, 11) is 0. The van der Waals surface area contributed by atoms with Crippen molar-refractivity contribution in [3.05, 3.63) is 46.7 Å². The second kappa shape index (κ2) is 8.47. The number of amides is 1. The molecule has 1 N–H and O–H groups in total. The summed E-state index contributed by atoms with van der Waals surface area (Å²) in [6.45, 7) is 2.95. The van der Waals surface area contributed by atoms with Gasteiger partial charge in [0.05, 0.1) is 11.5 Å². The van der Waals surface area contributed by atoms with Gasteiger partial charge in [0.25, 0.3) is 5.91 Å². The third-order valence-electron chi connectivity index (χ3n) is 3.12. The maximum Gasteiger partial charge on any atom is 0.265 e. The number of carbonyl (C=O) groups excluding carboxylic acids is 1. The molecule has 0 bridgehead atoms. The van der Waals surface area contributed by atoms with Crippen molar-refractivity contribution in [2.45, 2.75) is 32.6 Å². The Morgan fingerprint density at radius 2 is 1.95 bits per heavy atom. The number of benzene rings is 1. The van der Waals surface area contributed by atoms with E-state index in [2.05, 4.69) is 12.2 Å². The first kappa shape index (κ1) is 15.6. The summed E-state index contributed by atoms with van der Waals surface area (Å²) in [5.41, 5.74) is 0.784. The minimum absolute atomic E-state index is 0.0711. The van der Waals surface area contributed by atoms with Crippen LogP contribution in [-0.2, 0) is 0 Å². The van der Waals surface area contributed by atoms with E-state index < -0.39 is 0 Å². The fourth-order valence-corrected chi connectivity index (χ4v) is 2.57. The van der Waals surface area contributed by atoms with Crippen LogP contribution < -0.4 is 10.1 Å². The Bertz CT molecular complexity index is 534. The Hall–Kier alpha value is -1.81. The lowest BCUT2D eigenvalue weighted by atomic mass is 10.2. The van der Waals surface area contributed by atoms with Crippen molar-refractivity contribution in [1.82, 2.24) is 0 Å². The number of nitrogens with one attached hydrogen (secondary N) is 1. The largest absolute Gasteiger partial charge is 0.494 e. The lowest BCUT2D eigenvalue weighted by Crippen LogP contribution is -2.09. The molecule has 0 atom stereocenters. The predicted octanol–water partition coefficient (Wildman–Crippen LogP) is 4.96. The monoisotopic (exact) mass is 303 g/mol. The first-order valence-electron chi connectivity index (χ1n) is 7.37. The van der Waals surface area contributed by atoms with Crippen molar-refractivity contribution in [2.24, 2.45) is 0 Å². The van der Waals surface area contributed by atoms with Gasteiger partial charge >= 0.3 is 0 Å². The lowest BCUT2D eigenvalue weighted by molar-refractivity contribution is 0.103. The maximum atomic E-state index is 11.9. The predicted molar refractivity (Wildman–Crippen MR) is 88.4 cm³/mol. The molecule has 0 spiro atoms. The fourth-order valence-electron chi connectivity index (χ4n) is 1.95. The molecule has 112 valence electrons. The minimum atomic E-state index is -0.0711. The van der Waals surface area contributed by atoms with E-state index in [9.17, 15) is 4.79 Å². The van der Waals surface area contributed by atoms with Crippen LogP contribution in [0, 0.1) is 0 Å². The first-order chi connectivity index (χ1) is 10.3. The standard InChI is InChI=1S/C17H21NO2S/c1-2-3-4-5-12-20-15-10-8-14(9-11-15)18-17(19)16-7-6-13-21-16/h6-11,13H,2-5,12H2,1H3,(H,18,19). The number of anilines is 1. The molecule has 0 aliphatic rings. The van der Waals surface area contributed by atoms with Crippen molar-refractivity contribution in [3.8, 4) is 5.75 Å².